The molecule has 0 aliphatic heterocycles. The average molecular weight is 653 g/mol. The Hall–Kier alpha value is -4.13. The van der Waals surface area contributed by atoms with Crippen LogP contribution in [0.4, 0.5) is 0 Å². The van der Waals surface area contributed by atoms with Crippen molar-refractivity contribution in [2.24, 2.45) is 5.41 Å². The molecule has 4 rings (SSSR count). The van der Waals surface area contributed by atoms with Crippen LogP contribution in [0.1, 0.15) is 75.5 Å². The molecule has 0 spiro atoms. The van der Waals surface area contributed by atoms with Gasteiger partial charge in [-0.15, -0.1) is 0 Å². The molecule has 6 heteroatoms. The Morgan fingerprint density at radius 2 is 1.42 bits per heavy atom. The molecule has 48 heavy (non-hydrogen) atoms. The number of rotatable bonds is 18. The smallest absolute Gasteiger partial charge is 0.333 e. The zero-order valence-corrected chi connectivity index (χ0v) is 29.0. The molecule has 0 saturated heterocycles. The van der Waals surface area contributed by atoms with Crippen LogP contribution in [-0.4, -0.2) is 49.2 Å². The lowest BCUT2D eigenvalue weighted by Gasteiger charge is -2.30. The standard InChI is InChI=1S/C42H52O6/c1-7-32-24-40(48-28-42(25-43,26-44)27-47-31(6)29(2)3)38(13-10-22-46-41(45)30(4)5)23-39(32)37-20-18-36(19-21-37)35-16-14-34(15-17-35)33-11-8-9-12-33/h14-21,23-24,33,43-44H,2,4,6-13,22,25-28H2,1,3,5H3. The predicted molar refractivity (Wildman–Crippen MR) is 194 cm³/mol. The van der Waals surface area contributed by atoms with Gasteiger partial charge in [-0.3, -0.25) is 0 Å². The van der Waals surface area contributed by atoms with Crippen molar-refractivity contribution in [3.63, 3.8) is 0 Å². The van der Waals surface area contributed by atoms with Crippen molar-refractivity contribution in [3.05, 3.63) is 114 Å². The minimum Gasteiger partial charge on any atom is -0.493 e. The lowest BCUT2D eigenvalue weighted by Crippen LogP contribution is -2.41. The van der Waals surface area contributed by atoms with E-state index in [1.165, 1.54) is 42.4 Å². The van der Waals surface area contributed by atoms with Gasteiger partial charge in [-0.1, -0.05) is 88.0 Å². The number of carbonyl (C=O) groups excluding carboxylic acids is 1. The van der Waals surface area contributed by atoms with Crippen LogP contribution in [0.2, 0.25) is 0 Å². The van der Waals surface area contributed by atoms with Gasteiger partial charge in [0.1, 0.15) is 24.7 Å². The van der Waals surface area contributed by atoms with E-state index in [-0.39, 0.29) is 33.0 Å². The number of aliphatic hydroxyl groups excluding tert-OH is 2. The van der Waals surface area contributed by atoms with Crippen LogP contribution in [0.3, 0.4) is 0 Å². The molecule has 256 valence electrons. The van der Waals surface area contributed by atoms with Crippen LogP contribution in [0.25, 0.3) is 22.3 Å². The third-order valence-corrected chi connectivity index (χ3v) is 9.34. The highest BCUT2D eigenvalue weighted by atomic mass is 16.5. The first-order chi connectivity index (χ1) is 23.1. The monoisotopic (exact) mass is 652 g/mol. The van der Waals surface area contributed by atoms with Gasteiger partial charge in [0, 0.05) is 5.57 Å². The molecule has 1 aliphatic rings. The van der Waals surface area contributed by atoms with Crippen LogP contribution in [0.5, 0.6) is 5.75 Å². The molecule has 0 amide bonds. The summed E-state index contributed by atoms with van der Waals surface area (Å²) in [6.45, 7) is 16.5. The van der Waals surface area contributed by atoms with Gasteiger partial charge in [-0.25, -0.2) is 4.79 Å². The van der Waals surface area contributed by atoms with E-state index < -0.39 is 11.4 Å². The summed E-state index contributed by atoms with van der Waals surface area (Å²) in [7, 11) is 0. The first kappa shape index (κ1) is 36.7. The van der Waals surface area contributed by atoms with Gasteiger partial charge in [0.15, 0.2) is 0 Å². The molecule has 0 heterocycles. The normalized spacial score (nSPS) is 13.3. The summed E-state index contributed by atoms with van der Waals surface area (Å²) in [4.78, 5) is 12.0. The summed E-state index contributed by atoms with van der Waals surface area (Å²) in [6.07, 6.45) is 7.21. The lowest BCUT2D eigenvalue weighted by molar-refractivity contribution is -0.139. The van der Waals surface area contributed by atoms with Crippen molar-refractivity contribution in [2.75, 3.05) is 33.0 Å². The van der Waals surface area contributed by atoms with E-state index >= 15 is 0 Å². The Labute approximate surface area is 286 Å². The molecule has 0 radical (unpaired) electrons. The average Bonchev–Trinajstić information content (AvgIpc) is 3.66. The highest BCUT2D eigenvalue weighted by Gasteiger charge is 2.32. The van der Waals surface area contributed by atoms with E-state index in [2.05, 4.69) is 81.3 Å². The number of ether oxygens (including phenoxy) is 3. The molecule has 2 N–H and O–H groups in total. The summed E-state index contributed by atoms with van der Waals surface area (Å²) in [6, 6.07) is 22.0. The number of aryl methyl sites for hydroxylation is 2. The lowest BCUT2D eigenvalue weighted by atomic mass is 9.91. The molecule has 1 saturated carbocycles. The molecule has 6 nitrogen and oxygen atoms in total. The van der Waals surface area contributed by atoms with E-state index in [9.17, 15) is 15.0 Å². The highest BCUT2D eigenvalue weighted by molar-refractivity contribution is 5.86. The second kappa shape index (κ2) is 17.3. The van der Waals surface area contributed by atoms with Gasteiger partial charge < -0.3 is 24.4 Å². The van der Waals surface area contributed by atoms with E-state index in [1.54, 1.807) is 13.8 Å². The zero-order chi connectivity index (χ0) is 34.7. The fraction of sp³-hybridized carbons (Fsp3) is 0.405. The molecular formula is C42H52O6. The van der Waals surface area contributed by atoms with Crippen LogP contribution in [0.15, 0.2) is 97.3 Å². The van der Waals surface area contributed by atoms with Crippen molar-refractivity contribution in [3.8, 4) is 28.0 Å². The van der Waals surface area contributed by atoms with Crippen molar-refractivity contribution in [2.45, 2.75) is 71.6 Å². The number of aliphatic hydroxyl groups is 2. The van der Waals surface area contributed by atoms with Crippen LogP contribution >= 0.6 is 0 Å². The summed E-state index contributed by atoms with van der Waals surface area (Å²) in [5.74, 6) is 1.35. The van der Waals surface area contributed by atoms with Crippen LogP contribution in [-0.2, 0) is 27.1 Å². The summed E-state index contributed by atoms with van der Waals surface area (Å²) in [5, 5.41) is 20.6. The quantitative estimate of drug-likeness (QED) is 0.0470. The number of allylic oxidation sites excluding steroid dienone is 1. The third kappa shape index (κ3) is 9.48. The Morgan fingerprint density at radius 3 is 1.98 bits per heavy atom. The van der Waals surface area contributed by atoms with Gasteiger partial charge >= 0.3 is 5.97 Å². The number of esters is 1. The van der Waals surface area contributed by atoms with Crippen molar-refractivity contribution >= 4 is 5.97 Å². The van der Waals surface area contributed by atoms with Gasteiger partial charge in [-0.05, 0) is 109 Å². The number of hydrogen-bond donors (Lipinski definition) is 2. The zero-order valence-electron chi connectivity index (χ0n) is 29.0. The molecule has 1 fully saturated rings. The molecular weight excluding hydrogens is 600 g/mol. The van der Waals surface area contributed by atoms with Gasteiger partial charge in [0.2, 0.25) is 0 Å². The molecule has 0 aromatic heterocycles. The number of carbonyl (C=O) groups is 1. The molecule has 0 atom stereocenters. The van der Waals surface area contributed by atoms with Gasteiger partial charge in [-0.2, -0.15) is 0 Å². The second-order valence-corrected chi connectivity index (χ2v) is 13.3. The Bertz CT molecular complexity index is 1560. The predicted octanol–water partition coefficient (Wildman–Crippen LogP) is 8.75. The van der Waals surface area contributed by atoms with Gasteiger partial charge in [0.05, 0.1) is 25.2 Å². The Balaban J connectivity index is 1.59. The summed E-state index contributed by atoms with van der Waals surface area (Å²) in [5.41, 5.74) is 8.08. The van der Waals surface area contributed by atoms with Gasteiger partial charge in [0.25, 0.3) is 0 Å². The molecule has 3 aromatic carbocycles. The van der Waals surface area contributed by atoms with E-state index in [0.29, 0.717) is 41.4 Å². The largest absolute Gasteiger partial charge is 0.493 e. The SMILES string of the molecule is C=C(C)C(=C)OCC(CO)(CO)COc1cc(CC)c(-c2ccc(-c3ccc(C4CCCC4)cc3)cc2)cc1CCCOC(=O)C(=C)C. The van der Waals surface area contributed by atoms with Crippen LogP contribution in [0, 0.1) is 5.41 Å². The van der Waals surface area contributed by atoms with Crippen LogP contribution < -0.4 is 4.74 Å². The Morgan fingerprint density at radius 1 is 0.812 bits per heavy atom. The molecule has 1 aliphatic carbocycles. The minimum atomic E-state index is -1.05. The maximum atomic E-state index is 12.0. The topological polar surface area (TPSA) is 85.2 Å². The van der Waals surface area contributed by atoms with Crippen molar-refractivity contribution < 1.29 is 29.2 Å². The van der Waals surface area contributed by atoms with E-state index in [4.69, 9.17) is 14.2 Å². The first-order valence-corrected chi connectivity index (χ1v) is 17.1. The summed E-state index contributed by atoms with van der Waals surface area (Å²) < 4.78 is 17.5. The first-order valence-electron chi connectivity index (χ1n) is 17.1. The Kier molecular flexibility index (Phi) is 13.2. The maximum absolute atomic E-state index is 12.0. The molecule has 3 aromatic rings. The number of hydrogen-bond acceptors (Lipinski definition) is 6. The highest BCUT2D eigenvalue weighted by Crippen LogP contribution is 2.37. The summed E-state index contributed by atoms with van der Waals surface area (Å²) >= 11 is 0. The number of benzene rings is 3. The van der Waals surface area contributed by atoms with Crippen molar-refractivity contribution in [1.82, 2.24) is 0 Å². The van der Waals surface area contributed by atoms with E-state index in [0.717, 1.165) is 28.7 Å². The maximum Gasteiger partial charge on any atom is 0.333 e. The fourth-order valence-electron chi connectivity index (χ4n) is 6.03. The fourth-order valence-corrected chi connectivity index (χ4v) is 6.03. The molecule has 0 bridgehead atoms. The second-order valence-electron chi connectivity index (χ2n) is 13.3. The minimum absolute atomic E-state index is 0.0201. The van der Waals surface area contributed by atoms with Crippen molar-refractivity contribution in [1.29, 1.82) is 0 Å². The third-order valence-electron chi connectivity index (χ3n) is 9.34. The van der Waals surface area contributed by atoms with E-state index in [1.807, 2.05) is 6.07 Å². The molecule has 0 unspecified atom stereocenters.